The average Bonchev–Trinajstić information content (AvgIpc) is 3.39. The smallest absolute Gasteiger partial charge is 0.135 e. The molecule has 3 aliphatic rings. The second kappa shape index (κ2) is 15.2. The first-order valence-corrected chi connectivity index (χ1v) is 15.5. The Kier molecular flexibility index (Phi) is 12.6. The van der Waals surface area contributed by atoms with Gasteiger partial charge in [0.1, 0.15) is 17.7 Å². The molecule has 11 unspecified atom stereocenters. The van der Waals surface area contributed by atoms with Crippen molar-refractivity contribution in [2.24, 2.45) is 23.7 Å². The van der Waals surface area contributed by atoms with Gasteiger partial charge in [-0.15, -0.1) is 6.58 Å². The Morgan fingerprint density at radius 2 is 1.62 bits per heavy atom. The Morgan fingerprint density at radius 1 is 0.923 bits per heavy atom. The predicted molar refractivity (Wildman–Crippen MR) is 151 cm³/mol. The Hall–Kier alpha value is -1.12. The minimum Gasteiger partial charge on any atom is -0.393 e. The van der Waals surface area contributed by atoms with E-state index >= 15 is 0 Å². The average molecular weight is 551 g/mol. The lowest BCUT2D eigenvalue weighted by molar-refractivity contribution is -0.126. The number of aliphatic hydroxyl groups is 2. The molecule has 0 aromatic carbocycles. The molecule has 3 rings (SSSR count). The van der Waals surface area contributed by atoms with E-state index in [1.165, 1.54) is 0 Å². The first kappa shape index (κ1) is 32.4. The number of hydrogen-bond donors (Lipinski definition) is 2. The zero-order valence-electron chi connectivity index (χ0n) is 24.9. The maximum atomic E-state index is 12.5. The maximum Gasteiger partial charge on any atom is 0.135 e. The molecule has 0 radical (unpaired) electrons. The van der Waals surface area contributed by atoms with Crippen LogP contribution in [0.4, 0.5) is 0 Å². The Bertz CT molecular complexity index is 797. The largest absolute Gasteiger partial charge is 0.393 e. The Balaban J connectivity index is 1.27. The number of carbonyl (C=O) groups is 2. The van der Waals surface area contributed by atoms with Crippen molar-refractivity contribution in [2.45, 2.75) is 154 Å². The summed E-state index contributed by atoms with van der Waals surface area (Å²) in [6.07, 6.45) is 7.46. The van der Waals surface area contributed by atoms with Crippen molar-refractivity contribution in [3.8, 4) is 0 Å². The third-order valence-corrected chi connectivity index (χ3v) is 9.07. The number of carbonyl (C=O) groups excluding carboxylic acids is 2. The van der Waals surface area contributed by atoms with Crippen LogP contribution in [-0.4, -0.2) is 70.6 Å². The van der Waals surface area contributed by atoms with Crippen molar-refractivity contribution >= 4 is 11.6 Å². The van der Waals surface area contributed by atoms with E-state index in [4.69, 9.17) is 14.2 Å². The zero-order valence-corrected chi connectivity index (χ0v) is 24.9. The molecule has 3 heterocycles. The molecule has 3 aliphatic heterocycles. The van der Waals surface area contributed by atoms with E-state index in [-0.39, 0.29) is 79.3 Å². The maximum absolute atomic E-state index is 12.5. The van der Waals surface area contributed by atoms with E-state index in [1.54, 1.807) is 0 Å². The van der Waals surface area contributed by atoms with Gasteiger partial charge in [0.2, 0.25) is 0 Å². The fourth-order valence-electron chi connectivity index (χ4n) is 6.34. The quantitative estimate of drug-likeness (QED) is 0.179. The van der Waals surface area contributed by atoms with Crippen LogP contribution in [0.1, 0.15) is 105 Å². The Labute approximate surface area is 236 Å². The second-order valence-electron chi connectivity index (χ2n) is 13.1. The standard InChI is InChI=1S/C32H54O7/c1-7-20(4)8-12-26-13-15-28(37-26)21(5)16-23(33)9-10-24(34)18-25(35)11-14-27(36)31-22(6)17-29(38-31)32-30(39-32)19(2)3/h7,19-22,25-32,35-36H,1,8-18H2,2-6H3. The third-order valence-electron chi connectivity index (χ3n) is 9.07. The summed E-state index contributed by atoms with van der Waals surface area (Å²) in [4.78, 5) is 24.9. The molecule has 0 aromatic rings. The summed E-state index contributed by atoms with van der Waals surface area (Å²) in [6, 6.07) is 0. The van der Waals surface area contributed by atoms with Crippen LogP contribution < -0.4 is 0 Å². The van der Waals surface area contributed by atoms with Gasteiger partial charge in [-0.3, -0.25) is 9.59 Å². The topological polar surface area (TPSA) is 106 Å². The second-order valence-corrected chi connectivity index (χ2v) is 13.1. The monoisotopic (exact) mass is 550 g/mol. The summed E-state index contributed by atoms with van der Waals surface area (Å²) in [6.45, 7) is 14.4. The molecular formula is C32H54O7. The molecule has 3 fully saturated rings. The lowest BCUT2D eigenvalue weighted by Gasteiger charge is -2.23. The molecule has 11 atom stereocenters. The molecule has 39 heavy (non-hydrogen) atoms. The Morgan fingerprint density at radius 3 is 2.26 bits per heavy atom. The fourth-order valence-corrected chi connectivity index (χ4v) is 6.34. The number of ketones is 2. The molecule has 2 N–H and O–H groups in total. The summed E-state index contributed by atoms with van der Waals surface area (Å²) in [7, 11) is 0. The van der Waals surface area contributed by atoms with Gasteiger partial charge >= 0.3 is 0 Å². The van der Waals surface area contributed by atoms with Crippen molar-refractivity contribution < 1.29 is 34.0 Å². The van der Waals surface area contributed by atoms with Crippen molar-refractivity contribution in [1.82, 2.24) is 0 Å². The summed E-state index contributed by atoms with van der Waals surface area (Å²) >= 11 is 0. The predicted octanol–water partition coefficient (Wildman–Crippen LogP) is 5.19. The number of ether oxygens (including phenoxy) is 3. The van der Waals surface area contributed by atoms with Crippen LogP contribution in [-0.2, 0) is 23.8 Å². The molecule has 224 valence electrons. The van der Waals surface area contributed by atoms with Crippen molar-refractivity contribution in [3.05, 3.63) is 12.7 Å². The van der Waals surface area contributed by atoms with Crippen molar-refractivity contribution in [3.63, 3.8) is 0 Å². The van der Waals surface area contributed by atoms with Gasteiger partial charge < -0.3 is 24.4 Å². The SMILES string of the molecule is C=CC(C)CCC1CCC(C(C)CC(=O)CCC(=O)CC(O)CCC(O)C2OC(C3OC3C(C)C)CC2C)O1. The van der Waals surface area contributed by atoms with Crippen molar-refractivity contribution in [2.75, 3.05) is 0 Å². The molecule has 0 spiro atoms. The molecule has 0 saturated carbocycles. The summed E-state index contributed by atoms with van der Waals surface area (Å²) in [5.41, 5.74) is 0. The number of epoxide rings is 1. The van der Waals surface area contributed by atoms with Crippen LogP contribution in [0.2, 0.25) is 0 Å². The van der Waals surface area contributed by atoms with Gasteiger partial charge in [0.25, 0.3) is 0 Å². The number of hydrogen-bond acceptors (Lipinski definition) is 7. The van der Waals surface area contributed by atoms with E-state index in [2.05, 4.69) is 41.2 Å². The summed E-state index contributed by atoms with van der Waals surface area (Å²) < 4.78 is 18.1. The van der Waals surface area contributed by atoms with Gasteiger partial charge in [-0.05, 0) is 68.6 Å². The first-order valence-electron chi connectivity index (χ1n) is 15.5. The molecule has 0 bridgehead atoms. The molecule has 0 amide bonds. The highest BCUT2D eigenvalue weighted by Gasteiger charge is 2.52. The molecule has 0 aliphatic carbocycles. The summed E-state index contributed by atoms with van der Waals surface area (Å²) in [5.74, 6) is 1.28. The molecular weight excluding hydrogens is 496 g/mol. The molecule has 7 heteroatoms. The number of allylic oxidation sites excluding steroid dienone is 1. The normalized spacial score (nSPS) is 33.6. The van der Waals surface area contributed by atoms with Crippen LogP contribution in [0.5, 0.6) is 0 Å². The van der Waals surface area contributed by atoms with Gasteiger partial charge in [-0.25, -0.2) is 0 Å². The molecule has 3 saturated heterocycles. The van der Waals surface area contributed by atoms with E-state index in [9.17, 15) is 19.8 Å². The van der Waals surface area contributed by atoms with E-state index < -0.39 is 12.2 Å². The van der Waals surface area contributed by atoms with E-state index in [1.807, 2.05) is 6.08 Å². The minimum absolute atomic E-state index is 0.0157. The third kappa shape index (κ3) is 10.0. The van der Waals surface area contributed by atoms with Crippen LogP contribution in [0.25, 0.3) is 0 Å². The lowest BCUT2D eigenvalue weighted by atomic mass is 9.92. The van der Waals surface area contributed by atoms with Crippen molar-refractivity contribution in [1.29, 1.82) is 0 Å². The lowest BCUT2D eigenvalue weighted by Crippen LogP contribution is -2.32. The highest BCUT2D eigenvalue weighted by Crippen LogP contribution is 2.41. The van der Waals surface area contributed by atoms with Gasteiger partial charge in [0.05, 0.1) is 42.7 Å². The van der Waals surface area contributed by atoms with Crippen LogP contribution in [0, 0.1) is 23.7 Å². The van der Waals surface area contributed by atoms with E-state index in [0.717, 1.165) is 32.1 Å². The number of rotatable bonds is 18. The first-order chi connectivity index (χ1) is 18.5. The highest BCUT2D eigenvalue weighted by atomic mass is 16.6. The van der Waals surface area contributed by atoms with Crippen LogP contribution >= 0.6 is 0 Å². The number of aliphatic hydroxyl groups excluding tert-OH is 2. The highest BCUT2D eigenvalue weighted by molar-refractivity contribution is 5.86. The van der Waals surface area contributed by atoms with Crippen LogP contribution in [0.3, 0.4) is 0 Å². The zero-order chi connectivity index (χ0) is 28.7. The van der Waals surface area contributed by atoms with Gasteiger partial charge in [0.15, 0.2) is 0 Å². The summed E-state index contributed by atoms with van der Waals surface area (Å²) in [5, 5.41) is 21.1. The van der Waals surface area contributed by atoms with Crippen LogP contribution in [0.15, 0.2) is 12.7 Å². The van der Waals surface area contributed by atoms with Gasteiger partial charge in [-0.2, -0.15) is 0 Å². The van der Waals surface area contributed by atoms with Gasteiger partial charge in [-0.1, -0.05) is 40.7 Å². The minimum atomic E-state index is -0.821. The molecule has 7 nitrogen and oxygen atoms in total. The van der Waals surface area contributed by atoms with Gasteiger partial charge in [0, 0.05) is 25.7 Å². The molecule has 0 aromatic heterocycles. The fraction of sp³-hybridized carbons (Fsp3) is 0.875. The number of Topliss-reactive ketones (excluding diaryl/α,β-unsaturated/α-hetero) is 2. The van der Waals surface area contributed by atoms with E-state index in [0.29, 0.717) is 31.1 Å².